The standard InChI is InChI=1S/C23H40N6O2/c1-2-24-23(28-15-11-19(12-16-28)31-18-20-8-7-17-30-20)25-13-6-10-22-27-26-21-9-4-3-5-14-29(21)22/h19-20H,2-18H2,1H3,(H,24,25). The molecule has 174 valence electrons. The van der Waals surface area contributed by atoms with Crippen molar-refractivity contribution >= 4 is 5.96 Å². The lowest BCUT2D eigenvalue weighted by molar-refractivity contribution is -0.0367. The number of hydrogen-bond donors (Lipinski definition) is 1. The van der Waals surface area contributed by atoms with Gasteiger partial charge in [0.05, 0.1) is 18.8 Å². The smallest absolute Gasteiger partial charge is 0.193 e. The number of guanidine groups is 1. The molecule has 4 heterocycles. The molecule has 0 radical (unpaired) electrons. The molecular formula is C23H40N6O2. The van der Waals surface area contributed by atoms with Gasteiger partial charge in [-0.15, -0.1) is 10.2 Å². The van der Waals surface area contributed by atoms with Crippen molar-refractivity contribution in [3.05, 3.63) is 11.6 Å². The van der Waals surface area contributed by atoms with E-state index in [1.807, 2.05) is 0 Å². The van der Waals surface area contributed by atoms with Crippen LogP contribution in [0.4, 0.5) is 0 Å². The molecule has 8 heteroatoms. The van der Waals surface area contributed by atoms with Crippen LogP contribution in [-0.2, 0) is 28.9 Å². The number of rotatable bonds is 8. The fourth-order valence-electron chi connectivity index (χ4n) is 4.83. The average molecular weight is 433 g/mol. The van der Waals surface area contributed by atoms with Gasteiger partial charge in [-0.05, 0) is 51.9 Å². The number of ether oxygens (including phenoxy) is 2. The number of nitrogens with zero attached hydrogens (tertiary/aromatic N) is 5. The maximum atomic E-state index is 6.12. The van der Waals surface area contributed by atoms with E-state index < -0.39 is 0 Å². The largest absolute Gasteiger partial charge is 0.376 e. The minimum Gasteiger partial charge on any atom is -0.376 e. The minimum absolute atomic E-state index is 0.317. The molecule has 3 aliphatic heterocycles. The predicted octanol–water partition coefficient (Wildman–Crippen LogP) is 2.56. The Balaban J connectivity index is 1.21. The van der Waals surface area contributed by atoms with Crippen molar-refractivity contribution in [2.45, 2.75) is 89.9 Å². The summed E-state index contributed by atoms with van der Waals surface area (Å²) >= 11 is 0. The van der Waals surface area contributed by atoms with Gasteiger partial charge in [-0.25, -0.2) is 0 Å². The molecule has 0 amide bonds. The van der Waals surface area contributed by atoms with E-state index in [1.165, 1.54) is 31.5 Å². The topological polar surface area (TPSA) is 76.8 Å². The van der Waals surface area contributed by atoms with Gasteiger partial charge >= 0.3 is 0 Å². The summed E-state index contributed by atoms with van der Waals surface area (Å²) in [6.07, 6.45) is 11.9. The van der Waals surface area contributed by atoms with E-state index in [0.717, 1.165) is 96.2 Å². The summed E-state index contributed by atoms with van der Waals surface area (Å²) in [5.74, 6) is 3.36. The molecule has 31 heavy (non-hydrogen) atoms. The summed E-state index contributed by atoms with van der Waals surface area (Å²) in [6, 6.07) is 0. The first kappa shape index (κ1) is 22.5. The molecule has 0 spiro atoms. The number of hydrogen-bond acceptors (Lipinski definition) is 5. The van der Waals surface area contributed by atoms with Gasteiger partial charge in [0.15, 0.2) is 5.96 Å². The first-order valence-electron chi connectivity index (χ1n) is 12.5. The first-order valence-corrected chi connectivity index (χ1v) is 12.5. The van der Waals surface area contributed by atoms with Crippen LogP contribution in [0.2, 0.25) is 0 Å². The van der Waals surface area contributed by atoms with Gasteiger partial charge in [-0.1, -0.05) is 6.42 Å². The van der Waals surface area contributed by atoms with Crippen molar-refractivity contribution in [1.29, 1.82) is 0 Å². The Morgan fingerprint density at radius 3 is 2.84 bits per heavy atom. The molecule has 0 saturated carbocycles. The van der Waals surface area contributed by atoms with E-state index in [-0.39, 0.29) is 0 Å². The number of fused-ring (bicyclic) bond motifs is 1. The first-order chi connectivity index (χ1) is 15.3. The molecular weight excluding hydrogens is 392 g/mol. The van der Waals surface area contributed by atoms with Crippen LogP contribution < -0.4 is 5.32 Å². The Morgan fingerprint density at radius 2 is 2.03 bits per heavy atom. The number of nitrogens with one attached hydrogen (secondary N) is 1. The van der Waals surface area contributed by atoms with Crippen LogP contribution in [-0.4, -0.2) is 77.2 Å². The van der Waals surface area contributed by atoms with Gasteiger partial charge in [0.2, 0.25) is 0 Å². The second-order valence-electron chi connectivity index (χ2n) is 8.99. The SMILES string of the molecule is CCNC(=NCCCc1nnc2n1CCCCC2)N1CCC(OCC2CCCO2)CC1. The van der Waals surface area contributed by atoms with Gasteiger partial charge in [-0.3, -0.25) is 4.99 Å². The van der Waals surface area contributed by atoms with Crippen molar-refractivity contribution in [3.63, 3.8) is 0 Å². The van der Waals surface area contributed by atoms with Crippen LogP contribution in [0.1, 0.15) is 69.9 Å². The molecule has 1 unspecified atom stereocenters. The minimum atomic E-state index is 0.317. The average Bonchev–Trinajstić information content (AvgIpc) is 3.39. The summed E-state index contributed by atoms with van der Waals surface area (Å²) in [7, 11) is 0. The summed E-state index contributed by atoms with van der Waals surface area (Å²) in [5.41, 5.74) is 0. The Hall–Kier alpha value is -1.67. The van der Waals surface area contributed by atoms with Crippen LogP contribution in [0.15, 0.2) is 4.99 Å². The zero-order valence-electron chi connectivity index (χ0n) is 19.2. The molecule has 1 atom stereocenters. The highest BCUT2D eigenvalue weighted by molar-refractivity contribution is 5.80. The summed E-state index contributed by atoms with van der Waals surface area (Å²) in [5, 5.41) is 12.3. The quantitative estimate of drug-likeness (QED) is 0.387. The number of aryl methyl sites for hydroxylation is 2. The van der Waals surface area contributed by atoms with Crippen LogP contribution in [0.3, 0.4) is 0 Å². The lowest BCUT2D eigenvalue weighted by atomic mass is 10.1. The third kappa shape index (κ3) is 6.42. The molecule has 0 bridgehead atoms. The van der Waals surface area contributed by atoms with Crippen LogP contribution >= 0.6 is 0 Å². The van der Waals surface area contributed by atoms with E-state index >= 15 is 0 Å². The lowest BCUT2D eigenvalue weighted by Crippen LogP contribution is -2.47. The van der Waals surface area contributed by atoms with Gasteiger partial charge in [0.1, 0.15) is 11.6 Å². The highest BCUT2D eigenvalue weighted by Crippen LogP contribution is 2.18. The molecule has 2 saturated heterocycles. The van der Waals surface area contributed by atoms with Crippen molar-refractivity contribution in [1.82, 2.24) is 25.0 Å². The Labute approximate surface area is 186 Å². The van der Waals surface area contributed by atoms with E-state index in [4.69, 9.17) is 14.5 Å². The molecule has 1 N–H and O–H groups in total. The van der Waals surface area contributed by atoms with Crippen LogP contribution in [0.5, 0.6) is 0 Å². The maximum Gasteiger partial charge on any atom is 0.193 e. The van der Waals surface area contributed by atoms with Crippen LogP contribution in [0, 0.1) is 0 Å². The third-order valence-corrected chi connectivity index (χ3v) is 6.62. The number of piperidine rings is 1. The van der Waals surface area contributed by atoms with E-state index in [2.05, 4.69) is 31.9 Å². The highest BCUT2D eigenvalue weighted by atomic mass is 16.5. The molecule has 1 aromatic heterocycles. The number of aromatic nitrogens is 3. The molecule has 0 aromatic carbocycles. The molecule has 8 nitrogen and oxygen atoms in total. The zero-order valence-corrected chi connectivity index (χ0v) is 19.2. The second kappa shape index (κ2) is 11.8. The molecule has 4 rings (SSSR count). The van der Waals surface area contributed by atoms with Gasteiger partial charge in [0.25, 0.3) is 0 Å². The summed E-state index contributed by atoms with van der Waals surface area (Å²) in [4.78, 5) is 7.30. The summed E-state index contributed by atoms with van der Waals surface area (Å²) < 4.78 is 14.2. The van der Waals surface area contributed by atoms with Gasteiger partial charge in [0, 0.05) is 52.2 Å². The Kier molecular flexibility index (Phi) is 8.58. The predicted molar refractivity (Wildman–Crippen MR) is 121 cm³/mol. The fraction of sp³-hybridized carbons (Fsp3) is 0.870. The monoisotopic (exact) mass is 432 g/mol. The Bertz CT molecular complexity index is 692. The molecule has 3 aliphatic rings. The second-order valence-corrected chi connectivity index (χ2v) is 8.99. The zero-order chi connectivity index (χ0) is 21.3. The van der Waals surface area contributed by atoms with Crippen molar-refractivity contribution in [3.8, 4) is 0 Å². The number of aliphatic imine (C=N–C) groups is 1. The fourth-order valence-corrected chi connectivity index (χ4v) is 4.83. The van der Waals surface area contributed by atoms with Crippen molar-refractivity contribution in [2.75, 3.05) is 39.4 Å². The third-order valence-electron chi connectivity index (χ3n) is 6.62. The van der Waals surface area contributed by atoms with E-state index in [9.17, 15) is 0 Å². The maximum absolute atomic E-state index is 6.12. The highest BCUT2D eigenvalue weighted by Gasteiger charge is 2.24. The lowest BCUT2D eigenvalue weighted by Gasteiger charge is -2.34. The summed E-state index contributed by atoms with van der Waals surface area (Å²) in [6.45, 7) is 8.58. The molecule has 2 fully saturated rings. The van der Waals surface area contributed by atoms with Gasteiger partial charge < -0.3 is 24.3 Å². The van der Waals surface area contributed by atoms with E-state index in [1.54, 1.807) is 0 Å². The molecule has 0 aliphatic carbocycles. The Morgan fingerprint density at radius 1 is 1.13 bits per heavy atom. The van der Waals surface area contributed by atoms with Crippen LogP contribution in [0.25, 0.3) is 0 Å². The van der Waals surface area contributed by atoms with Crippen molar-refractivity contribution < 1.29 is 9.47 Å². The van der Waals surface area contributed by atoms with Crippen molar-refractivity contribution in [2.24, 2.45) is 4.99 Å². The normalized spacial score (nSPS) is 23.1. The molecule has 1 aromatic rings. The number of likely N-dealkylation sites (tertiary alicyclic amines) is 1. The van der Waals surface area contributed by atoms with E-state index in [0.29, 0.717) is 12.2 Å². The van der Waals surface area contributed by atoms with Gasteiger partial charge in [-0.2, -0.15) is 0 Å².